The van der Waals surface area contributed by atoms with E-state index in [0.717, 1.165) is 36.1 Å². The molecule has 2 N–H and O–H groups in total. The van der Waals surface area contributed by atoms with Crippen LogP contribution in [0.15, 0.2) is 30.5 Å². The highest BCUT2D eigenvalue weighted by Gasteiger charge is 2.25. The number of H-pyrrole nitrogens is 1. The van der Waals surface area contributed by atoms with Crippen LogP contribution in [0.5, 0.6) is 0 Å². The van der Waals surface area contributed by atoms with E-state index in [4.69, 9.17) is 0 Å². The molecule has 3 rings (SSSR count). The van der Waals surface area contributed by atoms with Crippen molar-refractivity contribution in [1.82, 2.24) is 15.2 Å². The van der Waals surface area contributed by atoms with Crippen LogP contribution in [0.25, 0.3) is 10.9 Å². The summed E-state index contributed by atoms with van der Waals surface area (Å²) >= 11 is 0. The second-order valence-corrected chi connectivity index (χ2v) is 4.80. The molecule has 0 radical (unpaired) electrons. The Balaban J connectivity index is 1.98. The molecule has 2 aromatic rings. The maximum atomic E-state index is 12.6. The highest BCUT2D eigenvalue weighted by molar-refractivity contribution is 6.05. The molecule has 2 heterocycles. The van der Waals surface area contributed by atoms with Crippen LogP contribution in [-0.2, 0) is 0 Å². The largest absolute Gasteiger partial charge is 0.361 e. The molecule has 18 heavy (non-hydrogen) atoms. The molecule has 1 aromatic heterocycles. The number of nitrogens with zero attached hydrogens (tertiary/aromatic N) is 1. The number of rotatable bonds is 1. The van der Waals surface area contributed by atoms with E-state index in [2.05, 4.69) is 17.2 Å². The average molecular weight is 243 g/mol. The van der Waals surface area contributed by atoms with Crippen molar-refractivity contribution in [3.05, 3.63) is 36.0 Å². The van der Waals surface area contributed by atoms with Gasteiger partial charge in [0.1, 0.15) is 0 Å². The number of hydrogen-bond acceptors (Lipinski definition) is 2. The van der Waals surface area contributed by atoms with Crippen molar-refractivity contribution in [3.8, 4) is 0 Å². The summed E-state index contributed by atoms with van der Waals surface area (Å²) < 4.78 is 0. The van der Waals surface area contributed by atoms with Gasteiger partial charge in [-0.2, -0.15) is 0 Å². The number of fused-ring (bicyclic) bond motifs is 1. The maximum absolute atomic E-state index is 12.6. The van der Waals surface area contributed by atoms with E-state index in [1.807, 2.05) is 35.4 Å². The van der Waals surface area contributed by atoms with E-state index in [0.29, 0.717) is 0 Å². The number of benzene rings is 1. The Morgan fingerprint density at radius 2 is 2.28 bits per heavy atom. The third kappa shape index (κ3) is 1.78. The van der Waals surface area contributed by atoms with Crippen LogP contribution in [0.1, 0.15) is 17.3 Å². The smallest absolute Gasteiger partial charge is 0.256 e. The predicted molar refractivity (Wildman–Crippen MR) is 71.7 cm³/mol. The number of nitrogens with one attached hydrogen (secondary N) is 2. The van der Waals surface area contributed by atoms with E-state index in [-0.39, 0.29) is 11.9 Å². The van der Waals surface area contributed by atoms with Crippen LogP contribution in [0.3, 0.4) is 0 Å². The molecule has 1 aliphatic rings. The van der Waals surface area contributed by atoms with E-state index >= 15 is 0 Å². The second kappa shape index (κ2) is 4.46. The number of hydrogen-bond donors (Lipinski definition) is 2. The van der Waals surface area contributed by atoms with Gasteiger partial charge in [-0.15, -0.1) is 0 Å². The third-order valence-electron chi connectivity index (χ3n) is 3.58. The van der Waals surface area contributed by atoms with Crippen LogP contribution in [0, 0.1) is 0 Å². The molecular weight excluding hydrogens is 226 g/mol. The van der Waals surface area contributed by atoms with Gasteiger partial charge in [-0.05, 0) is 19.1 Å². The van der Waals surface area contributed by atoms with Crippen molar-refractivity contribution >= 4 is 16.8 Å². The molecule has 1 fully saturated rings. The zero-order valence-electron chi connectivity index (χ0n) is 10.4. The monoisotopic (exact) mass is 243 g/mol. The standard InChI is InChI=1S/C14H17N3O/c1-10-9-15-7-8-17(10)14(18)12-4-2-3-11-5-6-16-13(11)12/h2-6,10,15-16H,7-9H2,1H3. The van der Waals surface area contributed by atoms with Gasteiger partial charge in [0.05, 0.1) is 11.1 Å². The molecule has 94 valence electrons. The first kappa shape index (κ1) is 11.3. The van der Waals surface area contributed by atoms with E-state index in [1.165, 1.54) is 0 Å². The molecule has 0 aliphatic carbocycles. The van der Waals surface area contributed by atoms with Crippen molar-refractivity contribution in [2.75, 3.05) is 19.6 Å². The van der Waals surface area contributed by atoms with Crippen LogP contribution in [0.4, 0.5) is 0 Å². The first-order valence-electron chi connectivity index (χ1n) is 6.35. The van der Waals surface area contributed by atoms with Gasteiger partial charge in [0.25, 0.3) is 5.91 Å². The van der Waals surface area contributed by atoms with Gasteiger partial charge in [-0.3, -0.25) is 4.79 Å². The van der Waals surface area contributed by atoms with Crippen molar-refractivity contribution in [2.24, 2.45) is 0 Å². The minimum absolute atomic E-state index is 0.122. The highest BCUT2D eigenvalue weighted by atomic mass is 16.2. The van der Waals surface area contributed by atoms with Crippen LogP contribution in [-0.4, -0.2) is 41.5 Å². The Morgan fingerprint density at radius 3 is 3.11 bits per heavy atom. The van der Waals surface area contributed by atoms with Gasteiger partial charge in [-0.1, -0.05) is 12.1 Å². The van der Waals surface area contributed by atoms with Gasteiger partial charge in [-0.25, -0.2) is 0 Å². The van der Waals surface area contributed by atoms with Crippen LogP contribution in [0.2, 0.25) is 0 Å². The summed E-state index contributed by atoms with van der Waals surface area (Å²) in [5.74, 6) is 0.122. The van der Waals surface area contributed by atoms with Gasteiger partial charge >= 0.3 is 0 Å². The third-order valence-corrected chi connectivity index (χ3v) is 3.58. The molecular formula is C14H17N3O. The molecule has 1 amide bonds. The van der Waals surface area contributed by atoms with Gasteiger partial charge < -0.3 is 15.2 Å². The molecule has 0 saturated carbocycles. The minimum atomic E-state index is 0.122. The molecule has 1 aliphatic heterocycles. The van der Waals surface area contributed by atoms with Crippen molar-refractivity contribution in [1.29, 1.82) is 0 Å². The zero-order valence-corrected chi connectivity index (χ0v) is 10.4. The number of aromatic nitrogens is 1. The molecule has 1 atom stereocenters. The lowest BCUT2D eigenvalue weighted by molar-refractivity contribution is 0.0657. The molecule has 0 spiro atoms. The minimum Gasteiger partial charge on any atom is -0.361 e. The summed E-state index contributed by atoms with van der Waals surface area (Å²) in [7, 11) is 0. The lowest BCUT2D eigenvalue weighted by Crippen LogP contribution is -2.52. The fourth-order valence-electron chi connectivity index (χ4n) is 2.56. The van der Waals surface area contributed by atoms with Crippen molar-refractivity contribution in [2.45, 2.75) is 13.0 Å². The number of para-hydroxylation sites is 1. The summed E-state index contributed by atoms with van der Waals surface area (Å²) in [6, 6.07) is 8.10. The number of carbonyl (C=O) groups is 1. The SMILES string of the molecule is CC1CNCCN1C(=O)c1cccc2cc[nH]c12. The number of piperazine rings is 1. The van der Waals surface area contributed by atoms with Gasteiger partial charge in [0, 0.05) is 37.3 Å². The molecule has 1 saturated heterocycles. The zero-order chi connectivity index (χ0) is 12.5. The Kier molecular flexibility index (Phi) is 2.80. The Labute approximate surface area is 106 Å². The topological polar surface area (TPSA) is 48.1 Å². The number of carbonyl (C=O) groups excluding carboxylic acids is 1. The molecule has 1 aromatic carbocycles. The lowest BCUT2D eigenvalue weighted by atomic mass is 10.1. The predicted octanol–water partition coefficient (Wildman–Crippen LogP) is 1.60. The maximum Gasteiger partial charge on any atom is 0.256 e. The van der Waals surface area contributed by atoms with E-state index in [1.54, 1.807) is 0 Å². The summed E-state index contributed by atoms with van der Waals surface area (Å²) in [5, 5.41) is 4.39. The van der Waals surface area contributed by atoms with Crippen LogP contribution < -0.4 is 5.32 Å². The summed E-state index contributed by atoms with van der Waals surface area (Å²) in [4.78, 5) is 17.7. The summed E-state index contributed by atoms with van der Waals surface area (Å²) in [6.45, 7) is 4.60. The van der Waals surface area contributed by atoms with Gasteiger partial charge in [0.2, 0.25) is 0 Å². The Hall–Kier alpha value is -1.81. The highest BCUT2D eigenvalue weighted by Crippen LogP contribution is 2.19. The summed E-state index contributed by atoms with van der Waals surface area (Å²) in [6.07, 6.45) is 1.88. The Morgan fingerprint density at radius 1 is 1.39 bits per heavy atom. The number of aromatic amines is 1. The summed E-state index contributed by atoms with van der Waals surface area (Å²) in [5.41, 5.74) is 1.71. The quantitative estimate of drug-likeness (QED) is 0.799. The normalized spacial score (nSPS) is 20.3. The number of amides is 1. The molecule has 0 bridgehead atoms. The molecule has 1 unspecified atom stereocenters. The lowest BCUT2D eigenvalue weighted by Gasteiger charge is -2.34. The average Bonchev–Trinajstić information content (AvgIpc) is 2.86. The van der Waals surface area contributed by atoms with E-state index in [9.17, 15) is 4.79 Å². The molecule has 4 heteroatoms. The van der Waals surface area contributed by atoms with Crippen molar-refractivity contribution < 1.29 is 4.79 Å². The first-order valence-corrected chi connectivity index (χ1v) is 6.35. The fraction of sp³-hybridized carbons (Fsp3) is 0.357. The van der Waals surface area contributed by atoms with E-state index < -0.39 is 0 Å². The first-order chi connectivity index (χ1) is 8.77. The van der Waals surface area contributed by atoms with Crippen molar-refractivity contribution in [3.63, 3.8) is 0 Å². The Bertz CT molecular complexity index is 575. The van der Waals surface area contributed by atoms with Crippen LogP contribution >= 0.6 is 0 Å². The van der Waals surface area contributed by atoms with Gasteiger partial charge in [0.15, 0.2) is 0 Å². The second-order valence-electron chi connectivity index (χ2n) is 4.80. The molecule has 4 nitrogen and oxygen atoms in total. The fourth-order valence-corrected chi connectivity index (χ4v) is 2.56.